The molecule has 0 radical (unpaired) electrons. The third kappa shape index (κ3) is 15.9. The summed E-state index contributed by atoms with van der Waals surface area (Å²) < 4.78 is 0. The van der Waals surface area contributed by atoms with Gasteiger partial charge in [0.05, 0.1) is 0 Å². The monoisotopic (exact) mass is 396 g/mol. The fourth-order valence-corrected chi connectivity index (χ4v) is 1.50. The van der Waals surface area contributed by atoms with E-state index >= 15 is 0 Å². The highest BCUT2D eigenvalue weighted by molar-refractivity contribution is 8.93. The van der Waals surface area contributed by atoms with Crippen LogP contribution < -0.4 is 4.90 Å². The minimum Gasteiger partial charge on any atom is -0.378 e. The van der Waals surface area contributed by atoms with Crippen LogP contribution in [0.2, 0.25) is 0 Å². The van der Waals surface area contributed by atoms with E-state index in [-0.39, 0.29) is 34.0 Å². The molecule has 19 heavy (non-hydrogen) atoms. The van der Waals surface area contributed by atoms with Gasteiger partial charge in [-0.2, -0.15) is 0 Å². The molecule has 1 heterocycles. The lowest BCUT2D eigenvalue weighted by molar-refractivity contribution is 0.624. The van der Waals surface area contributed by atoms with Crippen molar-refractivity contribution >= 4 is 39.7 Å². The molecular weight excluding hydrogens is 368 g/mol. The SMILES string of the molecule is Br.Br.CCCCCCCC.CN(C)c1ccncc1. The standard InChI is InChI=1S/C8H18.C7H10N2.2BrH/c1-3-5-7-8-6-4-2;1-9(2)7-3-5-8-6-4-7;;/h3-8H2,1-2H3;3-6H,1-2H3;2*1H. The summed E-state index contributed by atoms with van der Waals surface area (Å²) in [6, 6.07) is 3.94. The first-order valence-corrected chi connectivity index (χ1v) is 6.79. The van der Waals surface area contributed by atoms with Crippen molar-refractivity contribution in [2.24, 2.45) is 0 Å². The number of nitrogens with zero attached hydrogens (tertiary/aromatic N) is 2. The van der Waals surface area contributed by atoms with Gasteiger partial charge in [-0.25, -0.2) is 0 Å². The molecule has 1 aromatic heterocycles. The molecule has 1 aromatic rings. The number of pyridine rings is 1. The predicted molar refractivity (Wildman–Crippen MR) is 98.3 cm³/mol. The molecule has 114 valence electrons. The Balaban J connectivity index is -0.000000246. The number of anilines is 1. The summed E-state index contributed by atoms with van der Waals surface area (Å²) in [7, 11) is 4.02. The van der Waals surface area contributed by atoms with Crippen LogP contribution in [0.15, 0.2) is 24.5 Å². The van der Waals surface area contributed by atoms with Crippen LogP contribution in [0.1, 0.15) is 52.4 Å². The molecule has 0 aromatic carbocycles. The van der Waals surface area contributed by atoms with Crippen molar-refractivity contribution in [3.05, 3.63) is 24.5 Å². The van der Waals surface area contributed by atoms with Gasteiger partial charge in [0.2, 0.25) is 0 Å². The Kier molecular flexibility index (Phi) is 22.6. The van der Waals surface area contributed by atoms with Gasteiger partial charge in [0.15, 0.2) is 0 Å². The van der Waals surface area contributed by atoms with Crippen LogP contribution in [0.25, 0.3) is 0 Å². The molecule has 0 aliphatic carbocycles. The average molecular weight is 398 g/mol. The number of halogens is 2. The highest BCUT2D eigenvalue weighted by Gasteiger charge is 1.88. The van der Waals surface area contributed by atoms with E-state index in [1.54, 1.807) is 12.4 Å². The fraction of sp³-hybridized carbons (Fsp3) is 0.667. The quantitative estimate of drug-likeness (QED) is 0.574. The van der Waals surface area contributed by atoms with Crippen LogP contribution in [0.4, 0.5) is 5.69 Å². The Bertz CT molecular complexity index is 248. The molecule has 0 fully saturated rings. The molecular formula is C15H30Br2N2. The van der Waals surface area contributed by atoms with Gasteiger partial charge in [-0.1, -0.05) is 52.4 Å². The maximum atomic E-state index is 3.90. The first-order valence-electron chi connectivity index (χ1n) is 6.79. The molecule has 0 saturated carbocycles. The van der Waals surface area contributed by atoms with E-state index in [4.69, 9.17) is 0 Å². The second-order valence-corrected chi connectivity index (χ2v) is 4.51. The lowest BCUT2D eigenvalue weighted by atomic mass is 10.1. The summed E-state index contributed by atoms with van der Waals surface area (Å²) in [6.45, 7) is 4.51. The third-order valence-electron chi connectivity index (χ3n) is 2.64. The predicted octanol–water partition coefficient (Wildman–Crippen LogP) is 5.67. The topological polar surface area (TPSA) is 16.1 Å². The zero-order valence-corrected chi connectivity index (χ0v) is 16.2. The lowest BCUT2D eigenvalue weighted by Gasteiger charge is -2.10. The fourth-order valence-electron chi connectivity index (χ4n) is 1.50. The summed E-state index contributed by atoms with van der Waals surface area (Å²) in [5.74, 6) is 0. The molecule has 0 bridgehead atoms. The van der Waals surface area contributed by atoms with E-state index in [1.807, 2.05) is 31.1 Å². The molecule has 1 rings (SSSR count). The number of unbranched alkanes of at least 4 members (excludes halogenated alkanes) is 5. The van der Waals surface area contributed by atoms with Gasteiger partial charge < -0.3 is 4.90 Å². The summed E-state index contributed by atoms with van der Waals surface area (Å²) in [4.78, 5) is 5.94. The van der Waals surface area contributed by atoms with Crippen LogP contribution >= 0.6 is 34.0 Å². The van der Waals surface area contributed by atoms with Crippen molar-refractivity contribution < 1.29 is 0 Å². The second-order valence-electron chi connectivity index (χ2n) is 4.51. The van der Waals surface area contributed by atoms with Crippen LogP contribution in [0.5, 0.6) is 0 Å². The van der Waals surface area contributed by atoms with Crippen LogP contribution in [-0.2, 0) is 0 Å². The Labute approximate surface area is 140 Å². The molecule has 0 spiro atoms. The van der Waals surface area contributed by atoms with Crippen LogP contribution in [0.3, 0.4) is 0 Å². The number of hydrogen-bond donors (Lipinski definition) is 0. The second kappa shape index (κ2) is 17.9. The Hall–Kier alpha value is -0.0900. The van der Waals surface area contributed by atoms with Gasteiger partial charge in [0.1, 0.15) is 0 Å². The molecule has 0 unspecified atom stereocenters. The lowest BCUT2D eigenvalue weighted by Crippen LogP contribution is -2.07. The highest BCUT2D eigenvalue weighted by atomic mass is 79.9. The summed E-state index contributed by atoms with van der Waals surface area (Å²) in [5.41, 5.74) is 1.19. The van der Waals surface area contributed by atoms with Gasteiger partial charge in [0, 0.05) is 32.2 Å². The van der Waals surface area contributed by atoms with Gasteiger partial charge in [-0.3, -0.25) is 4.98 Å². The third-order valence-corrected chi connectivity index (χ3v) is 2.64. The van der Waals surface area contributed by atoms with Gasteiger partial charge in [-0.05, 0) is 12.1 Å². The zero-order valence-electron chi connectivity index (χ0n) is 12.8. The Morgan fingerprint density at radius 2 is 1.26 bits per heavy atom. The summed E-state index contributed by atoms with van der Waals surface area (Å²) in [5, 5.41) is 0. The molecule has 0 atom stereocenters. The van der Waals surface area contributed by atoms with Crippen molar-refractivity contribution in [1.29, 1.82) is 0 Å². The maximum absolute atomic E-state index is 3.90. The highest BCUT2D eigenvalue weighted by Crippen LogP contribution is 2.05. The molecule has 0 N–H and O–H groups in total. The van der Waals surface area contributed by atoms with Gasteiger partial charge in [0.25, 0.3) is 0 Å². The number of hydrogen-bond acceptors (Lipinski definition) is 2. The van der Waals surface area contributed by atoms with Crippen molar-refractivity contribution in [1.82, 2.24) is 4.98 Å². The maximum Gasteiger partial charge on any atom is 0.0391 e. The van der Waals surface area contributed by atoms with Crippen molar-refractivity contribution in [3.8, 4) is 0 Å². The van der Waals surface area contributed by atoms with E-state index in [1.165, 1.54) is 44.2 Å². The number of aromatic nitrogens is 1. The first-order chi connectivity index (χ1) is 8.22. The smallest absolute Gasteiger partial charge is 0.0391 e. The van der Waals surface area contributed by atoms with E-state index in [9.17, 15) is 0 Å². The molecule has 0 saturated heterocycles. The molecule has 0 aliphatic heterocycles. The molecule has 2 nitrogen and oxygen atoms in total. The minimum absolute atomic E-state index is 0. The zero-order chi connectivity index (χ0) is 12.9. The van der Waals surface area contributed by atoms with E-state index in [0.29, 0.717) is 0 Å². The van der Waals surface area contributed by atoms with E-state index in [0.717, 1.165) is 0 Å². The summed E-state index contributed by atoms with van der Waals surface area (Å²) in [6.07, 6.45) is 12.1. The number of rotatable bonds is 6. The minimum atomic E-state index is 0. The van der Waals surface area contributed by atoms with Crippen molar-refractivity contribution in [3.63, 3.8) is 0 Å². The largest absolute Gasteiger partial charge is 0.378 e. The van der Waals surface area contributed by atoms with Crippen molar-refractivity contribution in [2.45, 2.75) is 52.4 Å². The van der Waals surface area contributed by atoms with Gasteiger partial charge in [-0.15, -0.1) is 34.0 Å². The van der Waals surface area contributed by atoms with Crippen LogP contribution in [-0.4, -0.2) is 19.1 Å². The normalized spacial score (nSPS) is 8.42. The molecule has 0 amide bonds. The Morgan fingerprint density at radius 3 is 1.53 bits per heavy atom. The van der Waals surface area contributed by atoms with Crippen LogP contribution in [0, 0.1) is 0 Å². The first kappa shape index (κ1) is 24.0. The van der Waals surface area contributed by atoms with Gasteiger partial charge >= 0.3 is 0 Å². The summed E-state index contributed by atoms with van der Waals surface area (Å²) >= 11 is 0. The molecule has 4 heteroatoms. The average Bonchev–Trinajstić information content (AvgIpc) is 2.37. The van der Waals surface area contributed by atoms with E-state index < -0.39 is 0 Å². The van der Waals surface area contributed by atoms with E-state index in [2.05, 4.69) is 18.8 Å². The van der Waals surface area contributed by atoms with Crippen molar-refractivity contribution in [2.75, 3.05) is 19.0 Å². The Morgan fingerprint density at radius 1 is 0.842 bits per heavy atom. The molecule has 0 aliphatic rings.